The molecule has 0 aliphatic heterocycles. The molecule has 20 heavy (non-hydrogen) atoms. The summed E-state index contributed by atoms with van der Waals surface area (Å²) in [5.41, 5.74) is 2.82. The Labute approximate surface area is 122 Å². The van der Waals surface area contributed by atoms with Crippen molar-refractivity contribution in [2.75, 3.05) is 0 Å². The molecule has 3 aromatic rings. The number of pyridine rings is 1. The number of halogens is 1. The molecule has 0 saturated heterocycles. The van der Waals surface area contributed by atoms with E-state index in [1.54, 1.807) is 6.20 Å². The zero-order chi connectivity index (χ0) is 13.9. The van der Waals surface area contributed by atoms with Gasteiger partial charge in [-0.2, -0.15) is 0 Å². The molecule has 1 heterocycles. The largest absolute Gasteiger partial charge is 0.388 e. The zero-order valence-electron chi connectivity index (χ0n) is 10.8. The lowest BCUT2D eigenvalue weighted by Crippen LogP contribution is -2.02. The maximum Gasteiger partial charge on any atom is 0.0836 e. The molecule has 1 N–H and O–H groups in total. The Morgan fingerprint density at radius 2 is 1.90 bits per heavy atom. The highest BCUT2D eigenvalue weighted by Gasteiger charge is 2.12. The highest BCUT2D eigenvalue weighted by atomic mass is 35.5. The van der Waals surface area contributed by atoms with Crippen LogP contribution in [0.2, 0.25) is 5.02 Å². The first-order valence-electron chi connectivity index (χ1n) is 6.50. The molecule has 0 bridgehead atoms. The van der Waals surface area contributed by atoms with Crippen LogP contribution in [0.25, 0.3) is 10.9 Å². The van der Waals surface area contributed by atoms with E-state index in [1.807, 2.05) is 54.6 Å². The van der Waals surface area contributed by atoms with Crippen LogP contribution < -0.4 is 0 Å². The van der Waals surface area contributed by atoms with Gasteiger partial charge in [0, 0.05) is 23.0 Å². The monoisotopic (exact) mass is 283 g/mol. The maximum atomic E-state index is 10.5. The molecule has 0 amide bonds. The van der Waals surface area contributed by atoms with Gasteiger partial charge in [-0.05, 0) is 35.4 Å². The summed E-state index contributed by atoms with van der Waals surface area (Å²) in [6.07, 6.45) is 1.73. The number of hydrogen-bond donors (Lipinski definition) is 1. The van der Waals surface area contributed by atoms with E-state index in [0.717, 1.165) is 22.0 Å². The number of aromatic nitrogens is 1. The van der Waals surface area contributed by atoms with Gasteiger partial charge < -0.3 is 5.11 Å². The fourth-order valence-electron chi connectivity index (χ4n) is 2.41. The van der Waals surface area contributed by atoms with Crippen molar-refractivity contribution in [2.24, 2.45) is 0 Å². The van der Waals surface area contributed by atoms with Crippen molar-refractivity contribution in [1.82, 2.24) is 4.98 Å². The fraction of sp³-hybridized carbons (Fsp3) is 0.118. The Morgan fingerprint density at radius 1 is 1.05 bits per heavy atom. The molecule has 0 saturated carbocycles. The Morgan fingerprint density at radius 3 is 2.75 bits per heavy atom. The summed E-state index contributed by atoms with van der Waals surface area (Å²) in [6, 6.07) is 17.3. The molecule has 1 unspecified atom stereocenters. The summed E-state index contributed by atoms with van der Waals surface area (Å²) in [6.45, 7) is 0. The van der Waals surface area contributed by atoms with Crippen LogP contribution in [0.4, 0.5) is 0 Å². The van der Waals surface area contributed by atoms with Crippen LogP contribution in [0.3, 0.4) is 0 Å². The van der Waals surface area contributed by atoms with Crippen molar-refractivity contribution in [3.8, 4) is 0 Å². The summed E-state index contributed by atoms with van der Waals surface area (Å²) in [5, 5.41) is 12.2. The molecule has 0 radical (unpaired) electrons. The van der Waals surface area contributed by atoms with Crippen LogP contribution in [0.5, 0.6) is 0 Å². The normalized spacial score (nSPS) is 12.5. The van der Waals surface area contributed by atoms with Gasteiger partial charge in [-0.1, -0.05) is 41.9 Å². The Kier molecular flexibility index (Phi) is 3.68. The Hall–Kier alpha value is -1.90. The van der Waals surface area contributed by atoms with E-state index in [0.29, 0.717) is 11.4 Å². The van der Waals surface area contributed by atoms with Crippen molar-refractivity contribution in [2.45, 2.75) is 12.5 Å². The maximum absolute atomic E-state index is 10.5. The second kappa shape index (κ2) is 5.61. The summed E-state index contributed by atoms with van der Waals surface area (Å²) in [7, 11) is 0. The molecule has 1 aromatic heterocycles. The lowest BCUT2D eigenvalue weighted by atomic mass is 9.98. The number of aliphatic hydroxyl groups excluding tert-OH is 1. The Balaban J connectivity index is 1.94. The SMILES string of the molecule is OC(Cc1cccc(Cl)c1)c1cccc2ncccc12. The summed E-state index contributed by atoms with van der Waals surface area (Å²) >= 11 is 5.98. The first-order chi connectivity index (χ1) is 9.74. The van der Waals surface area contributed by atoms with E-state index in [-0.39, 0.29) is 0 Å². The van der Waals surface area contributed by atoms with Crippen molar-refractivity contribution in [1.29, 1.82) is 0 Å². The van der Waals surface area contributed by atoms with Crippen LogP contribution in [0.1, 0.15) is 17.2 Å². The molecule has 2 aromatic carbocycles. The number of aliphatic hydroxyl groups is 1. The third kappa shape index (κ3) is 2.67. The zero-order valence-corrected chi connectivity index (χ0v) is 11.6. The Bertz CT molecular complexity index is 736. The summed E-state index contributed by atoms with van der Waals surface area (Å²) in [4.78, 5) is 4.31. The molecule has 3 heteroatoms. The van der Waals surface area contributed by atoms with E-state index in [2.05, 4.69) is 4.98 Å². The lowest BCUT2D eigenvalue weighted by Gasteiger charge is -2.13. The molecular formula is C17H14ClNO. The van der Waals surface area contributed by atoms with Gasteiger partial charge in [0.15, 0.2) is 0 Å². The first kappa shape index (κ1) is 13.1. The van der Waals surface area contributed by atoms with Gasteiger partial charge >= 0.3 is 0 Å². The van der Waals surface area contributed by atoms with Crippen molar-refractivity contribution >= 4 is 22.5 Å². The van der Waals surface area contributed by atoms with Gasteiger partial charge in [0.1, 0.15) is 0 Å². The predicted octanol–water partition coefficient (Wildman–Crippen LogP) is 4.16. The highest BCUT2D eigenvalue weighted by Crippen LogP contribution is 2.26. The van der Waals surface area contributed by atoms with E-state index in [9.17, 15) is 5.11 Å². The molecule has 0 aliphatic carbocycles. The van der Waals surface area contributed by atoms with Gasteiger partial charge in [0.25, 0.3) is 0 Å². The van der Waals surface area contributed by atoms with Gasteiger partial charge in [0.05, 0.1) is 11.6 Å². The lowest BCUT2D eigenvalue weighted by molar-refractivity contribution is 0.180. The quantitative estimate of drug-likeness (QED) is 0.783. The van der Waals surface area contributed by atoms with E-state index >= 15 is 0 Å². The number of fused-ring (bicyclic) bond motifs is 1. The average molecular weight is 284 g/mol. The summed E-state index contributed by atoms with van der Waals surface area (Å²) < 4.78 is 0. The van der Waals surface area contributed by atoms with Gasteiger partial charge in [-0.3, -0.25) is 4.98 Å². The molecule has 2 nitrogen and oxygen atoms in total. The molecule has 3 rings (SSSR count). The molecule has 0 fully saturated rings. The smallest absolute Gasteiger partial charge is 0.0836 e. The number of rotatable bonds is 3. The van der Waals surface area contributed by atoms with Gasteiger partial charge in [-0.25, -0.2) is 0 Å². The highest BCUT2D eigenvalue weighted by molar-refractivity contribution is 6.30. The average Bonchev–Trinajstić information content (AvgIpc) is 2.46. The van der Waals surface area contributed by atoms with Crippen LogP contribution in [0.15, 0.2) is 60.8 Å². The van der Waals surface area contributed by atoms with Gasteiger partial charge in [-0.15, -0.1) is 0 Å². The number of benzene rings is 2. The molecule has 100 valence electrons. The molecular weight excluding hydrogens is 270 g/mol. The van der Waals surface area contributed by atoms with Crippen LogP contribution in [-0.4, -0.2) is 10.1 Å². The van der Waals surface area contributed by atoms with Crippen molar-refractivity contribution in [3.63, 3.8) is 0 Å². The van der Waals surface area contributed by atoms with Crippen LogP contribution in [0, 0.1) is 0 Å². The minimum absolute atomic E-state index is 0.536. The van der Waals surface area contributed by atoms with Crippen molar-refractivity contribution < 1.29 is 5.11 Å². The van der Waals surface area contributed by atoms with Gasteiger partial charge in [0.2, 0.25) is 0 Å². The van der Waals surface area contributed by atoms with E-state index in [4.69, 9.17) is 11.6 Å². The second-order valence-electron chi connectivity index (χ2n) is 4.77. The fourth-order valence-corrected chi connectivity index (χ4v) is 2.63. The van der Waals surface area contributed by atoms with E-state index in [1.165, 1.54) is 0 Å². The minimum atomic E-state index is -0.568. The third-order valence-electron chi connectivity index (χ3n) is 3.36. The first-order valence-corrected chi connectivity index (χ1v) is 6.88. The topological polar surface area (TPSA) is 33.1 Å². The number of nitrogens with zero attached hydrogens (tertiary/aromatic N) is 1. The van der Waals surface area contributed by atoms with Crippen LogP contribution in [-0.2, 0) is 6.42 Å². The van der Waals surface area contributed by atoms with E-state index < -0.39 is 6.10 Å². The molecule has 1 atom stereocenters. The predicted molar refractivity (Wildman–Crippen MR) is 81.9 cm³/mol. The third-order valence-corrected chi connectivity index (χ3v) is 3.59. The summed E-state index contributed by atoms with van der Waals surface area (Å²) in [5.74, 6) is 0. The standard InChI is InChI=1S/C17H14ClNO/c18-13-5-1-4-12(10-13)11-17(20)15-6-2-8-16-14(15)7-3-9-19-16/h1-10,17,20H,11H2. The minimum Gasteiger partial charge on any atom is -0.388 e. The van der Waals surface area contributed by atoms with Crippen molar-refractivity contribution in [3.05, 3.63) is 76.9 Å². The molecule has 0 aliphatic rings. The van der Waals surface area contributed by atoms with Crippen LogP contribution >= 0.6 is 11.6 Å². The molecule has 0 spiro atoms. The number of hydrogen-bond acceptors (Lipinski definition) is 2. The second-order valence-corrected chi connectivity index (χ2v) is 5.20.